The van der Waals surface area contributed by atoms with Crippen molar-refractivity contribution < 1.29 is 23.5 Å². The summed E-state index contributed by atoms with van der Waals surface area (Å²) in [4.78, 5) is 40.8. The summed E-state index contributed by atoms with van der Waals surface area (Å²) in [5.74, 6) is -1.95. The Balaban J connectivity index is 1.70. The van der Waals surface area contributed by atoms with Crippen LogP contribution in [0.4, 0.5) is 4.39 Å². The van der Waals surface area contributed by atoms with Gasteiger partial charge in [0.2, 0.25) is 11.8 Å². The van der Waals surface area contributed by atoms with Crippen LogP contribution in [0, 0.1) is 17.7 Å². The highest BCUT2D eigenvalue weighted by molar-refractivity contribution is 6.00. The molecule has 6 N–H and O–H groups in total. The number of hydrogen-bond donors (Lipinski definition) is 5. The van der Waals surface area contributed by atoms with E-state index in [2.05, 4.69) is 20.9 Å². The van der Waals surface area contributed by atoms with Gasteiger partial charge in [0.1, 0.15) is 23.6 Å². The lowest BCUT2D eigenvalue weighted by atomic mass is 9.96. The fourth-order valence-corrected chi connectivity index (χ4v) is 3.98. The predicted octanol–water partition coefficient (Wildman–Crippen LogP) is 1.40. The molecule has 3 atom stereocenters. The lowest BCUT2D eigenvalue weighted by molar-refractivity contribution is -0.129. The first-order valence-electron chi connectivity index (χ1n) is 11.2. The Kier molecular flexibility index (Phi) is 8.40. The molecule has 1 fully saturated rings. The number of hydrogen-bond acceptors (Lipinski definition) is 5. The minimum atomic E-state index is -0.886. The third kappa shape index (κ3) is 6.75. The van der Waals surface area contributed by atoms with Gasteiger partial charge in [0.15, 0.2) is 0 Å². The van der Waals surface area contributed by atoms with Crippen LogP contribution in [-0.2, 0) is 14.3 Å². The fourth-order valence-electron chi connectivity index (χ4n) is 3.98. The van der Waals surface area contributed by atoms with Gasteiger partial charge in [0, 0.05) is 10.9 Å². The average Bonchev–Trinajstić information content (AvgIpc) is 3.04. The monoisotopic (exact) mass is 461 g/mol. The molecular formula is C23H32FN5O4. The Hall–Kier alpha value is -2.98. The normalized spacial score (nSPS) is 18.5. The Morgan fingerprint density at radius 1 is 1.24 bits per heavy atom. The third-order valence-corrected chi connectivity index (χ3v) is 5.70. The minimum Gasteiger partial charge on any atom is -0.368 e. The highest BCUT2D eigenvalue weighted by atomic mass is 19.1. The van der Waals surface area contributed by atoms with E-state index >= 15 is 0 Å². The number of rotatable bonds is 9. The SMILES string of the molecule is CC(C)C[C@H](NC(=O)c1cc2c(F)cccc2[nH]1)C(=O)N[C@@H](C[C@@H]1CCNCOC1)C(N)=O. The molecule has 1 aromatic carbocycles. The van der Waals surface area contributed by atoms with Gasteiger partial charge >= 0.3 is 0 Å². The number of nitrogens with two attached hydrogens (primary N) is 1. The predicted molar refractivity (Wildman–Crippen MR) is 122 cm³/mol. The van der Waals surface area contributed by atoms with Crippen molar-refractivity contribution in [1.29, 1.82) is 0 Å². The van der Waals surface area contributed by atoms with Crippen molar-refractivity contribution in [2.75, 3.05) is 19.9 Å². The summed E-state index contributed by atoms with van der Waals surface area (Å²) in [6.07, 6.45) is 1.50. The number of benzene rings is 1. The standard InChI is InChI=1S/C23H32FN5O4/c1-13(2)8-19(29-23(32)20-10-15-16(24)4-3-5-17(15)27-20)22(31)28-18(21(25)30)9-14-6-7-26-12-33-11-14/h3-5,10,13-14,18-19,26-27H,6-9,11-12H2,1-2H3,(H2,25,30)(H,28,31)(H,29,32)/t14-,18-,19-/m0/s1. The van der Waals surface area contributed by atoms with Crippen molar-refractivity contribution in [3.05, 3.63) is 35.8 Å². The molecule has 1 saturated heterocycles. The van der Waals surface area contributed by atoms with Crippen molar-refractivity contribution in [2.24, 2.45) is 17.6 Å². The van der Waals surface area contributed by atoms with Crippen LogP contribution in [-0.4, -0.2) is 54.7 Å². The van der Waals surface area contributed by atoms with Crippen LogP contribution in [0.3, 0.4) is 0 Å². The Bertz CT molecular complexity index is 984. The van der Waals surface area contributed by atoms with Crippen LogP contribution in [0.2, 0.25) is 0 Å². The molecule has 180 valence electrons. The van der Waals surface area contributed by atoms with E-state index in [0.717, 1.165) is 13.0 Å². The first-order valence-corrected chi connectivity index (χ1v) is 11.2. The zero-order chi connectivity index (χ0) is 24.0. The molecule has 0 aliphatic carbocycles. The summed E-state index contributed by atoms with van der Waals surface area (Å²) in [5.41, 5.74) is 6.18. The summed E-state index contributed by atoms with van der Waals surface area (Å²) >= 11 is 0. The maximum absolute atomic E-state index is 14.0. The van der Waals surface area contributed by atoms with E-state index in [9.17, 15) is 18.8 Å². The Morgan fingerprint density at radius 2 is 2.03 bits per heavy atom. The number of aromatic amines is 1. The largest absolute Gasteiger partial charge is 0.368 e. The molecule has 33 heavy (non-hydrogen) atoms. The molecule has 1 aliphatic heterocycles. The number of fused-ring (bicyclic) bond motifs is 1. The summed E-state index contributed by atoms with van der Waals surface area (Å²) in [5, 5.41) is 8.82. The molecule has 0 unspecified atom stereocenters. The number of ether oxygens (including phenoxy) is 1. The summed E-state index contributed by atoms with van der Waals surface area (Å²) < 4.78 is 19.5. The lowest BCUT2D eigenvalue weighted by Crippen LogP contribution is -2.54. The molecular weight excluding hydrogens is 429 g/mol. The van der Waals surface area contributed by atoms with Gasteiger partial charge in [0.25, 0.3) is 5.91 Å². The average molecular weight is 462 g/mol. The molecule has 2 heterocycles. The zero-order valence-electron chi connectivity index (χ0n) is 18.9. The fraction of sp³-hybridized carbons (Fsp3) is 0.522. The van der Waals surface area contributed by atoms with Gasteiger partial charge in [0.05, 0.1) is 13.3 Å². The van der Waals surface area contributed by atoms with Crippen LogP contribution in [0.1, 0.15) is 43.6 Å². The molecule has 1 aliphatic rings. The smallest absolute Gasteiger partial charge is 0.268 e. The quantitative estimate of drug-likeness (QED) is 0.384. The van der Waals surface area contributed by atoms with Crippen LogP contribution in [0.5, 0.6) is 0 Å². The number of halogens is 1. The van der Waals surface area contributed by atoms with Gasteiger partial charge in [-0.25, -0.2) is 4.39 Å². The van der Waals surface area contributed by atoms with Gasteiger partial charge in [-0.05, 0) is 55.8 Å². The van der Waals surface area contributed by atoms with Crippen LogP contribution < -0.4 is 21.7 Å². The van der Waals surface area contributed by atoms with Gasteiger partial charge < -0.3 is 26.1 Å². The van der Waals surface area contributed by atoms with Crippen molar-refractivity contribution in [3.63, 3.8) is 0 Å². The minimum absolute atomic E-state index is 0.0668. The number of carbonyl (C=O) groups is 3. The molecule has 0 spiro atoms. The van der Waals surface area contributed by atoms with Gasteiger partial charge in [-0.1, -0.05) is 19.9 Å². The third-order valence-electron chi connectivity index (χ3n) is 5.70. The topological polar surface area (TPSA) is 138 Å². The second kappa shape index (κ2) is 11.2. The maximum atomic E-state index is 14.0. The second-order valence-electron chi connectivity index (χ2n) is 8.91. The van der Waals surface area contributed by atoms with Gasteiger partial charge in [-0.3, -0.25) is 19.7 Å². The zero-order valence-corrected chi connectivity index (χ0v) is 18.9. The van der Waals surface area contributed by atoms with E-state index in [1.165, 1.54) is 12.1 Å². The summed E-state index contributed by atoms with van der Waals surface area (Å²) in [7, 11) is 0. The van der Waals surface area contributed by atoms with Crippen molar-refractivity contribution in [3.8, 4) is 0 Å². The van der Waals surface area contributed by atoms with Crippen molar-refractivity contribution in [1.82, 2.24) is 20.9 Å². The van der Waals surface area contributed by atoms with Crippen molar-refractivity contribution in [2.45, 2.75) is 45.2 Å². The molecule has 0 saturated carbocycles. The highest BCUT2D eigenvalue weighted by Gasteiger charge is 2.29. The second-order valence-corrected chi connectivity index (χ2v) is 8.91. The summed E-state index contributed by atoms with van der Waals surface area (Å²) in [6.45, 7) is 5.51. The van der Waals surface area contributed by atoms with Gasteiger partial charge in [-0.15, -0.1) is 0 Å². The number of primary amides is 1. The molecule has 0 radical (unpaired) electrons. The molecule has 2 aromatic rings. The van der Waals surface area contributed by atoms with E-state index in [0.29, 0.717) is 37.1 Å². The molecule has 3 amide bonds. The number of aromatic nitrogens is 1. The molecule has 9 nitrogen and oxygen atoms in total. The van der Waals surface area contributed by atoms with Crippen LogP contribution >= 0.6 is 0 Å². The van der Waals surface area contributed by atoms with E-state index in [-0.39, 0.29) is 17.5 Å². The van der Waals surface area contributed by atoms with Crippen LogP contribution in [0.15, 0.2) is 24.3 Å². The van der Waals surface area contributed by atoms with E-state index in [1.807, 2.05) is 13.8 Å². The number of nitrogens with one attached hydrogen (secondary N) is 4. The summed E-state index contributed by atoms with van der Waals surface area (Å²) in [6, 6.07) is 4.17. The van der Waals surface area contributed by atoms with Crippen LogP contribution in [0.25, 0.3) is 10.9 Å². The van der Waals surface area contributed by atoms with E-state index in [1.54, 1.807) is 12.1 Å². The Morgan fingerprint density at radius 3 is 2.73 bits per heavy atom. The molecule has 10 heteroatoms. The van der Waals surface area contributed by atoms with Crippen molar-refractivity contribution >= 4 is 28.6 Å². The Labute approximate surface area is 192 Å². The maximum Gasteiger partial charge on any atom is 0.268 e. The number of amides is 3. The molecule has 3 rings (SSSR count). The first-order chi connectivity index (χ1) is 15.7. The van der Waals surface area contributed by atoms with Gasteiger partial charge in [-0.2, -0.15) is 0 Å². The van der Waals surface area contributed by atoms with E-state index in [4.69, 9.17) is 10.5 Å². The number of H-pyrrole nitrogens is 1. The van der Waals surface area contributed by atoms with E-state index < -0.39 is 35.6 Å². The lowest BCUT2D eigenvalue weighted by Gasteiger charge is -2.25. The highest BCUT2D eigenvalue weighted by Crippen LogP contribution is 2.19. The first kappa shape index (κ1) is 24.7. The number of carbonyl (C=O) groups excluding carboxylic acids is 3. The molecule has 1 aromatic heterocycles. The molecule has 0 bridgehead atoms.